The van der Waals surface area contributed by atoms with Crippen molar-refractivity contribution in [2.75, 3.05) is 33.0 Å². The molecule has 3 aliphatic rings. The number of benzene rings is 1. The van der Waals surface area contributed by atoms with E-state index in [2.05, 4.69) is 35.8 Å². The SMILES string of the molecule is C[C@@H](Cc1ccc2c(c1)OCO2)CN1C[C@H]2CCCN2C[C@@H]1C. The average Bonchev–Trinajstić information content (AvgIpc) is 3.15. The van der Waals surface area contributed by atoms with E-state index in [0.29, 0.717) is 18.8 Å². The minimum Gasteiger partial charge on any atom is -0.454 e. The van der Waals surface area contributed by atoms with Gasteiger partial charge in [0, 0.05) is 31.7 Å². The molecule has 2 saturated heterocycles. The molecular formula is C19H28N2O2. The molecule has 1 aromatic carbocycles. The summed E-state index contributed by atoms with van der Waals surface area (Å²) in [5.41, 5.74) is 1.36. The van der Waals surface area contributed by atoms with Gasteiger partial charge in [-0.05, 0) is 56.3 Å². The van der Waals surface area contributed by atoms with Gasteiger partial charge >= 0.3 is 0 Å². The van der Waals surface area contributed by atoms with Gasteiger partial charge in [-0.25, -0.2) is 0 Å². The van der Waals surface area contributed by atoms with E-state index in [1.807, 2.05) is 6.07 Å². The molecule has 2 fully saturated rings. The number of hydrogen-bond acceptors (Lipinski definition) is 4. The van der Waals surface area contributed by atoms with E-state index >= 15 is 0 Å². The maximum atomic E-state index is 5.50. The molecule has 0 saturated carbocycles. The van der Waals surface area contributed by atoms with Gasteiger partial charge in [0.15, 0.2) is 11.5 Å². The summed E-state index contributed by atoms with van der Waals surface area (Å²) in [5, 5.41) is 0. The van der Waals surface area contributed by atoms with Crippen LogP contribution < -0.4 is 9.47 Å². The van der Waals surface area contributed by atoms with Crippen molar-refractivity contribution in [1.29, 1.82) is 0 Å². The van der Waals surface area contributed by atoms with Gasteiger partial charge < -0.3 is 9.47 Å². The van der Waals surface area contributed by atoms with Crippen LogP contribution in [0.4, 0.5) is 0 Å². The zero-order valence-corrected chi connectivity index (χ0v) is 14.3. The van der Waals surface area contributed by atoms with E-state index in [1.165, 1.54) is 44.6 Å². The number of ether oxygens (including phenoxy) is 2. The van der Waals surface area contributed by atoms with E-state index in [4.69, 9.17) is 9.47 Å². The quantitative estimate of drug-likeness (QED) is 0.853. The highest BCUT2D eigenvalue weighted by Crippen LogP contribution is 2.33. The Morgan fingerprint density at radius 2 is 2.09 bits per heavy atom. The molecule has 23 heavy (non-hydrogen) atoms. The molecule has 126 valence electrons. The molecule has 1 aromatic rings. The molecule has 0 spiro atoms. The fourth-order valence-electron chi connectivity index (χ4n) is 4.44. The second kappa shape index (κ2) is 6.33. The summed E-state index contributed by atoms with van der Waals surface area (Å²) in [5.74, 6) is 2.45. The van der Waals surface area contributed by atoms with Crippen molar-refractivity contribution in [3.8, 4) is 11.5 Å². The van der Waals surface area contributed by atoms with Crippen LogP contribution in [-0.2, 0) is 6.42 Å². The van der Waals surface area contributed by atoms with Crippen molar-refractivity contribution in [3.63, 3.8) is 0 Å². The highest BCUT2D eigenvalue weighted by molar-refractivity contribution is 5.44. The van der Waals surface area contributed by atoms with E-state index in [-0.39, 0.29) is 0 Å². The van der Waals surface area contributed by atoms with Crippen molar-refractivity contribution in [1.82, 2.24) is 9.80 Å². The van der Waals surface area contributed by atoms with Gasteiger partial charge in [-0.15, -0.1) is 0 Å². The van der Waals surface area contributed by atoms with Gasteiger partial charge in [0.05, 0.1) is 0 Å². The molecule has 0 radical (unpaired) electrons. The van der Waals surface area contributed by atoms with Crippen LogP contribution in [0.1, 0.15) is 32.3 Å². The zero-order valence-electron chi connectivity index (χ0n) is 14.3. The minimum atomic E-state index is 0.359. The lowest BCUT2D eigenvalue weighted by Gasteiger charge is -2.43. The first-order valence-corrected chi connectivity index (χ1v) is 9.05. The molecule has 3 aliphatic heterocycles. The average molecular weight is 316 g/mol. The van der Waals surface area contributed by atoms with Crippen LogP contribution in [0.15, 0.2) is 18.2 Å². The Labute approximate surface area is 139 Å². The monoisotopic (exact) mass is 316 g/mol. The number of piperazine rings is 1. The van der Waals surface area contributed by atoms with Gasteiger partial charge in [-0.3, -0.25) is 9.80 Å². The van der Waals surface area contributed by atoms with E-state index < -0.39 is 0 Å². The third kappa shape index (κ3) is 3.20. The van der Waals surface area contributed by atoms with Crippen molar-refractivity contribution in [2.45, 2.75) is 45.2 Å². The Morgan fingerprint density at radius 1 is 1.22 bits per heavy atom. The summed E-state index contributed by atoms with van der Waals surface area (Å²) in [6, 6.07) is 7.87. The van der Waals surface area contributed by atoms with Crippen molar-refractivity contribution in [3.05, 3.63) is 23.8 Å². The highest BCUT2D eigenvalue weighted by atomic mass is 16.7. The molecule has 0 unspecified atom stereocenters. The van der Waals surface area contributed by atoms with Crippen LogP contribution >= 0.6 is 0 Å². The number of fused-ring (bicyclic) bond motifs is 2. The van der Waals surface area contributed by atoms with Crippen molar-refractivity contribution >= 4 is 0 Å². The van der Waals surface area contributed by atoms with E-state index in [0.717, 1.165) is 24.0 Å². The third-order valence-corrected chi connectivity index (χ3v) is 5.63. The summed E-state index contributed by atoms with van der Waals surface area (Å²) >= 11 is 0. The van der Waals surface area contributed by atoms with Crippen LogP contribution in [0.2, 0.25) is 0 Å². The second-order valence-corrected chi connectivity index (χ2v) is 7.59. The van der Waals surface area contributed by atoms with Crippen molar-refractivity contribution in [2.24, 2.45) is 5.92 Å². The summed E-state index contributed by atoms with van der Waals surface area (Å²) in [6.07, 6.45) is 3.88. The van der Waals surface area contributed by atoms with Gasteiger partial charge in [0.25, 0.3) is 0 Å². The Balaban J connectivity index is 1.35. The normalized spacial score (nSPS) is 28.8. The van der Waals surface area contributed by atoms with Gasteiger partial charge in [0.2, 0.25) is 6.79 Å². The van der Waals surface area contributed by atoms with E-state index in [9.17, 15) is 0 Å². The first-order chi connectivity index (χ1) is 11.2. The summed E-state index contributed by atoms with van der Waals surface area (Å²) in [4.78, 5) is 5.41. The summed E-state index contributed by atoms with van der Waals surface area (Å²) < 4.78 is 10.9. The molecule has 3 atom stereocenters. The van der Waals surface area contributed by atoms with Crippen molar-refractivity contribution < 1.29 is 9.47 Å². The maximum Gasteiger partial charge on any atom is 0.231 e. The first kappa shape index (κ1) is 15.3. The summed E-state index contributed by atoms with van der Waals surface area (Å²) in [6.45, 7) is 10.1. The molecule has 0 amide bonds. The predicted molar refractivity (Wildman–Crippen MR) is 91.1 cm³/mol. The van der Waals surface area contributed by atoms with Gasteiger partial charge in [-0.1, -0.05) is 13.0 Å². The Bertz CT molecular complexity index is 562. The standard InChI is InChI=1S/C19H28N2O2/c1-14(8-16-5-6-18-19(9-16)23-13-22-18)10-21-12-17-4-3-7-20(17)11-15(21)2/h5-6,9,14-15,17H,3-4,7-8,10-13H2,1-2H3/t14-,15-,17+/m0/s1. The Hall–Kier alpha value is -1.26. The lowest BCUT2D eigenvalue weighted by atomic mass is 9.98. The zero-order chi connectivity index (χ0) is 15.8. The predicted octanol–water partition coefficient (Wildman–Crippen LogP) is 2.76. The first-order valence-electron chi connectivity index (χ1n) is 9.05. The van der Waals surface area contributed by atoms with Crippen LogP contribution in [0, 0.1) is 5.92 Å². The van der Waals surface area contributed by atoms with Crippen LogP contribution in [0.5, 0.6) is 11.5 Å². The fraction of sp³-hybridized carbons (Fsp3) is 0.684. The minimum absolute atomic E-state index is 0.359. The van der Waals surface area contributed by atoms with Gasteiger partial charge in [-0.2, -0.15) is 0 Å². The smallest absolute Gasteiger partial charge is 0.231 e. The molecule has 4 rings (SSSR count). The molecule has 4 nitrogen and oxygen atoms in total. The molecule has 0 aromatic heterocycles. The molecule has 4 heteroatoms. The molecule has 3 heterocycles. The number of hydrogen-bond donors (Lipinski definition) is 0. The molecule has 0 N–H and O–H groups in total. The lowest BCUT2D eigenvalue weighted by molar-refractivity contribution is 0.0499. The molecule has 0 aliphatic carbocycles. The van der Waals surface area contributed by atoms with Gasteiger partial charge in [0.1, 0.15) is 0 Å². The number of rotatable bonds is 4. The Kier molecular flexibility index (Phi) is 4.20. The Morgan fingerprint density at radius 3 is 3.00 bits per heavy atom. The highest BCUT2D eigenvalue weighted by Gasteiger charge is 2.34. The summed E-state index contributed by atoms with van der Waals surface area (Å²) in [7, 11) is 0. The van der Waals surface area contributed by atoms with E-state index in [1.54, 1.807) is 0 Å². The lowest BCUT2D eigenvalue weighted by Crippen LogP contribution is -2.55. The maximum absolute atomic E-state index is 5.50. The number of nitrogens with zero attached hydrogens (tertiary/aromatic N) is 2. The second-order valence-electron chi connectivity index (χ2n) is 7.59. The molecule has 0 bridgehead atoms. The topological polar surface area (TPSA) is 24.9 Å². The van der Waals surface area contributed by atoms with Crippen LogP contribution in [0.25, 0.3) is 0 Å². The van der Waals surface area contributed by atoms with Crippen LogP contribution in [0.3, 0.4) is 0 Å². The van der Waals surface area contributed by atoms with Crippen LogP contribution in [-0.4, -0.2) is 54.9 Å². The largest absolute Gasteiger partial charge is 0.454 e. The third-order valence-electron chi connectivity index (χ3n) is 5.63. The fourth-order valence-corrected chi connectivity index (χ4v) is 4.44. The molecular weight excluding hydrogens is 288 g/mol.